The molecule has 1 rings (SSSR count). The van der Waals surface area contributed by atoms with Crippen molar-refractivity contribution in [3.63, 3.8) is 0 Å². The molecular formula is C13H25ClO. The molecule has 1 saturated carbocycles. The van der Waals surface area contributed by atoms with Gasteiger partial charge in [-0.3, -0.25) is 0 Å². The van der Waals surface area contributed by atoms with Crippen molar-refractivity contribution in [2.45, 2.75) is 71.5 Å². The van der Waals surface area contributed by atoms with E-state index in [9.17, 15) is 0 Å². The monoisotopic (exact) mass is 232 g/mol. The van der Waals surface area contributed by atoms with Crippen LogP contribution in [0.5, 0.6) is 0 Å². The van der Waals surface area contributed by atoms with E-state index in [0.717, 1.165) is 19.3 Å². The SMILES string of the molecule is CCC1(C)C(Cl)CC1OC(C)CC(C)C. The van der Waals surface area contributed by atoms with Gasteiger partial charge in [-0.2, -0.15) is 0 Å². The van der Waals surface area contributed by atoms with Crippen LogP contribution in [0, 0.1) is 11.3 Å². The fraction of sp³-hybridized carbons (Fsp3) is 1.00. The fourth-order valence-corrected chi connectivity index (χ4v) is 2.88. The Kier molecular flexibility index (Phi) is 4.49. The summed E-state index contributed by atoms with van der Waals surface area (Å²) in [6, 6.07) is 0. The number of alkyl halides is 1. The molecule has 0 saturated heterocycles. The van der Waals surface area contributed by atoms with Crippen LogP contribution in [-0.2, 0) is 4.74 Å². The van der Waals surface area contributed by atoms with Crippen molar-refractivity contribution in [3.05, 3.63) is 0 Å². The molecule has 0 N–H and O–H groups in total. The van der Waals surface area contributed by atoms with Crippen molar-refractivity contribution in [2.24, 2.45) is 11.3 Å². The number of ether oxygens (including phenoxy) is 1. The minimum Gasteiger partial charge on any atom is -0.375 e. The average Bonchev–Trinajstić information content (AvgIpc) is 2.14. The van der Waals surface area contributed by atoms with Crippen LogP contribution in [0.2, 0.25) is 0 Å². The molecular weight excluding hydrogens is 208 g/mol. The van der Waals surface area contributed by atoms with E-state index in [1.807, 2.05) is 0 Å². The van der Waals surface area contributed by atoms with Gasteiger partial charge < -0.3 is 4.74 Å². The smallest absolute Gasteiger partial charge is 0.0660 e. The van der Waals surface area contributed by atoms with Crippen molar-refractivity contribution in [1.29, 1.82) is 0 Å². The van der Waals surface area contributed by atoms with Crippen LogP contribution < -0.4 is 0 Å². The summed E-state index contributed by atoms with van der Waals surface area (Å²) >= 11 is 6.26. The molecule has 1 aliphatic rings. The quantitative estimate of drug-likeness (QED) is 0.645. The highest BCUT2D eigenvalue weighted by atomic mass is 35.5. The van der Waals surface area contributed by atoms with E-state index in [2.05, 4.69) is 34.6 Å². The standard InChI is InChI=1S/C13H25ClO/c1-6-13(5)11(14)8-12(13)15-10(4)7-9(2)3/h9-12H,6-8H2,1-5H3. The normalized spacial score (nSPS) is 37.8. The molecule has 1 nitrogen and oxygen atoms in total. The van der Waals surface area contributed by atoms with Crippen molar-refractivity contribution in [2.75, 3.05) is 0 Å². The molecule has 4 unspecified atom stereocenters. The molecule has 1 aliphatic carbocycles. The van der Waals surface area contributed by atoms with Gasteiger partial charge in [-0.15, -0.1) is 11.6 Å². The summed E-state index contributed by atoms with van der Waals surface area (Å²) in [5.41, 5.74) is 0.201. The molecule has 0 aromatic carbocycles. The lowest BCUT2D eigenvalue weighted by Gasteiger charge is -2.51. The molecule has 0 heterocycles. The molecule has 0 aromatic heterocycles. The summed E-state index contributed by atoms with van der Waals surface area (Å²) in [6.07, 6.45) is 4.02. The number of hydrogen-bond acceptors (Lipinski definition) is 1. The van der Waals surface area contributed by atoms with Crippen LogP contribution >= 0.6 is 11.6 Å². The second kappa shape index (κ2) is 5.05. The highest BCUT2D eigenvalue weighted by molar-refractivity contribution is 6.21. The maximum Gasteiger partial charge on any atom is 0.0660 e. The molecule has 0 bridgehead atoms. The third-order valence-electron chi connectivity index (χ3n) is 3.83. The Labute approximate surface area is 99.5 Å². The summed E-state index contributed by atoms with van der Waals surface area (Å²) in [7, 11) is 0. The first-order chi connectivity index (χ1) is 6.90. The number of halogens is 1. The third kappa shape index (κ3) is 2.88. The van der Waals surface area contributed by atoms with Crippen LogP contribution in [0.25, 0.3) is 0 Å². The predicted octanol–water partition coefficient (Wildman–Crippen LogP) is 4.23. The average molecular weight is 233 g/mol. The first-order valence-corrected chi connectivity index (χ1v) is 6.63. The van der Waals surface area contributed by atoms with Gasteiger partial charge in [-0.05, 0) is 32.1 Å². The molecule has 0 radical (unpaired) electrons. The Bertz CT molecular complexity index is 205. The molecule has 15 heavy (non-hydrogen) atoms. The van der Waals surface area contributed by atoms with Gasteiger partial charge in [-0.25, -0.2) is 0 Å². The van der Waals surface area contributed by atoms with Crippen LogP contribution in [0.15, 0.2) is 0 Å². The van der Waals surface area contributed by atoms with Gasteiger partial charge in [0.05, 0.1) is 12.2 Å². The van der Waals surface area contributed by atoms with Crippen LogP contribution in [0.4, 0.5) is 0 Å². The van der Waals surface area contributed by atoms with Gasteiger partial charge in [-0.1, -0.05) is 27.7 Å². The highest BCUT2D eigenvalue weighted by Gasteiger charge is 2.50. The fourth-order valence-electron chi connectivity index (χ4n) is 2.43. The molecule has 0 amide bonds. The van der Waals surface area contributed by atoms with Gasteiger partial charge >= 0.3 is 0 Å². The van der Waals surface area contributed by atoms with Crippen molar-refractivity contribution in [1.82, 2.24) is 0 Å². The third-order valence-corrected chi connectivity index (χ3v) is 4.51. The molecule has 0 aromatic rings. The first kappa shape index (κ1) is 13.3. The Morgan fingerprint density at radius 3 is 2.40 bits per heavy atom. The Hall–Kier alpha value is 0.250. The van der Waals surface area contributed by atoms with Gasteiger partial charge in [0.2, 0.25) is 0 Å². The summed E-state index contributed by atoms with van der Waals surface area (Å²) in [6.45, 7) is 11.1. The summed E-state index contributed by atoms with van der Waals surface area (Å²) in [4.78, 5) is 0. The van der Waals surface area contributed by atoms with E-state index >= 15 is 0 Å². The molecule has 1 fully saturated rings. The topological polar surface area (TPSA) is 9.23 Å². The Balaban J connectivity index is 2.40. The van der Waals surface area contributed by atoms with E-state index in [-0.39, 0.29) is 5.41 Å². The Morgan fingerprint density at radius 1 is 1.40 bits per heavy atom. The second-order valence-corrected chi connectivity index (χ2v) is 6.15. The lowest BCUT2D eigenvalue weighted by atomic mass is 9.65. The second-order valence-electron chi connectivity index (χ2n) is 5.63. The summed E-state index contributed by atoms with van der Waals surface area (Å²) in [5.74, 6) is 0.708. The van der Waals surface area contributed by atoms with Gasteiger partial charge in [0.1, 0.15) is 0 Å². The maximum absolute atomic E-state index is 6.26. The van der Waals surface area contributed by atoms with E-state index in [1.54, 1.807) is 0 Å². The summed E-state index contributed by atoms with van der Waals surface area (Å²) < 4.78 is 6.09. The zero-order valence-corrected chi connectivity index (χ0v) is 11.5. The van der Waals surface area contributed by atoms with E-state index in [1.165, 1.54) is 0 Å². The molecule has 0 spiro atoms. The van der Waals surface area contributed by atoms with E-state index in [0.29, 0.717) is 23.5 Å². The maximum atomic E-state index is 6.26. The van der Waals surface area contributed by atoms with Crippen LogP contribution in [0.3, 0.4) is 0 Å². The first-order valence-electron chi connectivity index (χ1n) is 6.19. The van der Waals surface area contributed by atoms with Crippen molar-refractivity contribution < 1.29 is 4.74 Å². The molecule has 2 heteroatoms. The van der Waals surface area contributed by atoms with Crippen molar-refractivity contribution >= 4 is 11.6 Å². The van der Waals surface area contributed by atoms with Crippen LogP contribution in [-0.4, -0.2) is 17.6 Å². The number of hydrogen-bond donors (Lipinski definition) is 0. The molecule has 4 atom stereocenters. The lowest BCUT2D eigenvalue weighted by Crippen LogP contribution is -2.54. The van der Waals surface area contributed by atoms with E-state index < -0.39 is 0 Å². The number of rotatable bonds is 5. The predicted molar refractivity (Wildman–Crippen MR) is 66.4 cm³/mol. The van der Waals surface area contributed by atoms with Gasteiger partial charge in [0.15, 0.2) is 0 Å². The Morgan fingerprint density at radius 2 is 2.00 bits per heavy atom. The highest BCUT2D eigenvalue weighted by Crippen LogP contribution is 2.49. The lowest BCUT2D eigenvalue weighted by molar-refractivity contribution is -0.132. The zero-order chi connectivity index (χ0) is 11.6. The van der Waals surface area contributed by atoms with Crippen molar-refractivity contribution in [3.8, 4) is 0 Å². The van der Waals surface area contributed by atoms with Gasteiger partial charge in [0, 0.05) is 10.8 Å². The largest absolute Gasteiger partial charge is 0.375 e. The minimum absolute atomic E-state index is 0.201. The molecule has 0 aliphatic heterocycles. The molecule has 90 valence electrons. The van der Waals surface area contributed by atoms with E-state index in [4.69, 9.17) is 16.3 Å². The summed E-state index contributed by atoms with van der Waals surface area (Å²) in [5, 5.41) is 0.304. The van der Waals surface area contributed by atoms with Crippen LogP contribution in [0.1, 0.15) is 53.9 Å². The van der Waals surface area contributed by atoms with Gasteiger partial charge in [0.25, 0.3) is 0 Å². The zero-order valence-electron chi connectivity index (χ0n) is 10.7. The minimum atomic E-state index is 0.201.